The highest BCUT2D eigenvalue weighted by Crippen LogP contribution is 2.43. The fraction of sp³-hybridized carbons (Fsp3) is 0.250. The molecule has 6 nitrogen and oxygen atoms in total. The van der Waals surface area contributed by atoms with Gasteiger partial charge >= 0.3 is 0 Å². The van der Waals surface area contributed by atoms with Crippen LogP contribution in [0.4, 0.5) is 0 Å². The van der Waals surface area contributed by atoms with Crippen molar-refractivity contribution in [2.45, 2.75) is 26.4 Å². The SMILES string of the molecule is Cc1c(C#N)ccc2c1C(n1ccccc1=O)=C(N(C)C=O)C(C)(C)O2. The van der Waals surface area contributed by atoms with Gasteiger partial charge in [-0.2, -0.15) is 5.26 Å². The number of nitriles is 1. The first-order valence-electron chi connectivity index (χ1n) is 8.16. The third-order valence-electron chi connectivity index (χ3n) is 4.52. The topological polar surface area (TPSA) is 75.3 Å². The van der Waals surface area contributed by atoms with E-state index in [4.69, 9.17) is 4.74 Å². The van der Waals surface area contributed by atoms with E-state index in [2.05, 4.69) is 6.07 Å². The lowest BCUT2D eigenvalue weighted by Crippen LogP contribution is -2.43. The number of carbonyl (C=O) groups is 1. The van der Waals surface area contributed by atoms with E-state index >= 15 is 0 Å². The molecule has 0 radical (unpaired) electrons. The maximum Gasteiger partial charge on any atom is 0.255 e. The number of rotatable bonds is 3. The van der Waals surface area contributed by atoms with E-state index in [1.54, 1.807) is 37.5 Å². The summed E-state index contributed by atoms with van der Waals surface area (Å²) in [7, 11) is 1.62. The minimum absolute atomic E-state index is 0.232. The van der Waals surface area contributed by atoms with Crippen molar-refractivity contribution in [3.63, 3.8) is 0 Å². The lowest BCUT2D eigenvalue weighted by molar-refractivity contribution is -0.116. The van der Waals surface area contributed by atoms with Crippen LogP contribution in [-0.4, -0.2) is 28.5 Å². The Bertz CT molecular complexity index is 1030. The van der Waals surface area contributed by atoms with Gasteiger partial charge < -0.3 is 9.64 Å². The molecule has 1 amide bonds. The number of likely N-dealkylation sites (N-methyl/N-ethyl adjacent to an activating group) is 1. The molecule has 0 saturated heterocycles. The number of nitrogens with zero attached hydrogens (tertiary/aromatic N) is 3. The first-order valence-corrected chi connectivity index (χ1v) is 8.16. The summed E-state index contributed by atoms with van der Waals surface area (Å²) in [5.41, 5.74) is 1.83. The highest BCUT2D eigenvalue weighted by Gasteiger charge is 2.39. The predicted molar refractivity (Wildman–Crippen MR) is 97.4 cm³/mol. The van der Waals surface area contributed by atoms with Crippen LogP contribution in [0.3, 0.4) is 0 Å². The first kappa shape index (κ1) is 17.5. The molecule has 2 heterocycles. The predicted octanol–water partition coefficient (Wildman–Crippen LogP) is 2.50. The van der Waals surface area contributed by atoms with Gasteiger partial charge in [-0.1, -0.05) is 6.07 Å². The van der Waals surface area contributed by atoms with E-state index in [-0.39, 0.29) is 5.56 Å². The fourth-order valence-electron chi connectivity index (χ4n) is 3.41. The molecule has 6 heteroatoms. The Morgan fingerprint density at radius 2 is 2.00 bits per heavy atom. The van der Waals surface area contributed by atoms with Gasteiger partial charge in [-0.3, -0.25) is 14.2 Å². The highest BCUT2D eigenvalue weighted by atomic mass is 16.5. The summed E-state index contributed by atoms with van der Waals surface area (Å²) < 4.78 is 7.64. The largest absolute Gasteiger partial charge is 0.481 e. The number of hydrogen-bond donors (Lipinski definition) is 0. The molecule has 0 bridgehead atoms. The number of aromatic nitrogens is 1. The van der Waals surface area contributed by atoms with Gasteiger partial charge in [-0.05, 0) is 44.5 Å². The molecular formula is C20H19N3O3. The first-order chi connectivity index (χ1) is 12.3. The van der Waals surface area contributed by atoms with Crippen molar-refractivity contribution in [2.24, 2.45) is 0 Å². The number of carbonyl (C=O) groups excluding carboxylic acids is 1. The zero-order chi connectivity index (χ0) is 19.1. The van der Waals surface area contributed by atoms with Crippen LogP contribution in [0, 0.1) is 18.3 Å². The third-order valence-corrected chi connectivity index (χ3v) is 4.52. The lowest BCUT2D eigenvalue weighted by Gasteiger charge is -2.40. The van der Waals surface area contributed by atoms with E-state index in [1.807, 2.05) is 20.8 Å². The van der Waals surface area contributed by atoms with Gasteiger partial charge in [0.15, 0.2) is 0 Å². The molecule has 0 aliphatic carbocycles. The molecule has 0 N–H and O–H groups in total. The molecule has 1 aromatic heterocycles. The Morgan fingerprint density at radius 3 is 2.62 bits per heavy atom. The maximum absolute atomic E-state index is 12.6. The molecule has 2 aromatic rings. The second-order valence-electron chi connectivity index (χ2n) is 6.66. The summed E-state index contributed by atoms with van der Waals surface area (Å²) in [5.74, 6) is 0.570. The van der Waals surface area contributed by atoms with Crippen LogP contribution in [0.2, 0.25) is 0 Å². The van der Waals surface area contributed by atoms with Crippen molar-refractivity contribution in [1.82, 2.24) is 9.47 Å². The Labute approximate surface area is 151 Å². The zero-order valence-electron chi connectivity index (χ0n) is 15.1. The van der Waals surface area contributed by atoms with E-state index in [0.717, 1.165) is 0 Å². The van der Waals surface area contributed by atoms with Gasteiger partial charge in [0, 0.05) is 24.9 Å². The monoisotopic (exact) mass is 349 g/mol. The summed E-state index contributed by atoms with van der Waals surface area (Å²) in [6.07, 6.45) is 2.34. The van der Waals surface area contributed by atoms with Gasteiger partial charge in [0.05, 0.1) is 23.0 Å². The molecular weight excluding hydrogens is 330 g/mol. The average Bonchev–Trinajstić information content (AvgIpc) is 2.60. The number of amides is 1. The molecule has 3 rings (SSSR count). The number of hydrogen-bond acceptors (Lipinski definition) is 4. The average molecular weight is 349 g/mol. The second kappa shape index (κ2) is 6.19. The van der Waals surface area contributed by atoms with Crippen LogP contribution in [-0.2, 0) is 4.79 Å². The number of ether oxygens (including phenoxy) is 1. The molecule has 26 heavy (non-hydrogen) atoms. The molecule has 0 atom stereocenters. The summed E-state index contributed by atoms with van der Waals surface area (Å²) in [5, 5.41) is 9.41. The number of benzene rings is 1. The van der Waals surface area contributed by atoms with Crippen LogP contribution in [0.1, 0.15) is 30.5 Å². The van der Waals surface area contributed by atoms with Gasteiger partial charge in [0.1, 0.15) is 11.4 Å². The van der Waals surface area contributed by atoms with Crippen LogP contribution in [0.25, 0.3) is 5.70 Å². The third kappa shape index (κ3) is 2.58. The van der Waals surface area contributed by atoms with Crippen molar-refractivity contribution in [3.05, 3.63) is 69.3 Å². The van der Waals surface area contributed by atoms with Crippen molar-refractivity contribution in [1.29, 1.82) is 5.26 Å². The summed E-state index contributed by atoms with van der Waals surface area (Å²) >= 11 is 0. The maximum atomic E-state index is 12.6. The van der Waals surface area contributed by atoms with Gasteiger partial charge in [0.25, 0.3) is 5.56 Å². The van der Waals surface area contributed by atoms with E-state index in [0.29, 0.717) is 40.2 Å². The summed E-state index contributed by atoms with van der Waals surface area (Å²) in [4.78, 5) is 25.6. The minimum Gasteiger partial charge on any atom is -0.481 e. The van der Waals surface area contributed by atoms with Crippen molar-refractivity contribution in [2.75, 3.05) is 7.05 Å². The molecule has 0 spiro atoms. The van der Waals surface area contributed by atoms with Gasteiger partial charge in [-0.15, -0.1) is 0 Å². The zero-order valence-corrected chi connectivity index (χ0v) is 15.1. The lowest BCUT2D eigenvalue weighted by atomic mass is 9.90. The molecule has 0 saturated carbocycles. The fourth-order valence-corrected chi connectivity index (χ4v) is 3.41. The Hall–Kier alpha value is -3.33. The molecule has 1 aliphatic rings. The van der Waals surface area contributed by atoms with E-state index in [1.165, 1.54) is 15.5 Å². The van der Waals surface area contributed by atoms with Gasteiger partial charge in [0.2, 0.25) is 6.41 Å². The number of fused-ring (bicyclic) bond motifs is 1. The standard InChI is InChI=1S/C20H19N3O3/c1-13-14(11-21)8-9-15-17(13)18(23-10-6-5-7-16(23)25)19(22(4)12-24)20(2,3)26-15/h5-10,12H,1-4H3. The number of pyridine rings is 1. The Balaban J connectivity index is 2.52. The van der Waals surface area contributed by atoms with E-state index in [9.17, 15) is 14.9 Å². The molecule has 1 aromatic carbocycles. The normalized spacial score (nSPS) is 14.9. The van der Waals surface area contributed by atoms with Crippen molar-refractivity contribution >= 4 is 12.1 Å². The van der Waals surface area contributed by atoms with Gasteiger partial charge in [-0.25, -0.2) is 0 Å². The molecule has 1 aliphatic heterocycles. The summed E-state index contributed by atoms with van der Waals surface area (Å²) in [6.45, 7) is 5.49. The van der Waals surface area contributed by atoms with Crippen LogP contribution < -0.4 is 10.3 Å². The van der Waals surface area contributed by atoms with Crippen LogP contribution >= 0.6 is 0 Å². The Morgan fingerprint density at radius 1 is 1.27 bits per heavy atom. The Kier molecular flexibility index (Phi) is 4.17. The smallest absolute Gasteiger partial charge is 0.255 e. The van der Waals surface area contributed by atoms with Crippen LogP contribution in [0.5, 0.6) is 5.75 Å². The van der Waals surface area contributed by atoms with Crippen molar-refractivity contribution in [3.8, 4) is 11.8 Å². The van der Waals surface area contributed by atoms with Crippen molar-refractivity contribution < 1.29 is 9.53 Å². The molecule has 0 fully saturated rings. The molecule has 0 unspecified atom stereocenters. The minimum atomic E-state index is -0.853. The quantitative estimate of drug-likeness (QED) is 0.798. The van der Waals surface area contributed by atoms with E-state index < -0.39 is 5.60 Å². The highest BCUT2D eigenvalue weighted by molar-refractivity contribution is 5.81. The second-order valence-corrected chi connectivity index (χ2v) is 6.66. The summed E-state index contributed by atoms with van der Waals surface area (Å²) in [6, 6.07) is 10.5. The van der Waals surface area contributed by atoms with Crippen LogP contribution in [0.15, 0.2) is 47.0 Å². The molecule has 132 valence electrons.